The van der Waals surface area contributed by atoms with Crippen molar-refractivity contribution in [1.82, 2.24) is 4.90 Å². The Balaban J connectivity index is 1.76. The highest BCUT2D eigenvalue weighted by molar-refractivity contribution is 5.90. The van der Waals surface area contributed by atoms with Crippen LogP contribution in [0.4, 0.5) is 23.7 Å². The molecule has 4 nitrogen and oxygen atoms in total. The van der Waals surface area contributed by atoms with E-state index < -0.39 is 24.9 Å². The third-order valence-electron chi connectivity index (χ3n) is 2.71. The second kappa shape index (κ2) is 5.92. The van der Waals surface area contributed by atoms with Crippen molar-refractivity contribution in [3.63, 3.8) is 0 Å². The maximum Gasteiger partial charge on any atom is 0.322 e. The fourth-order valence-corrected chi connectivity index (χ4v) is 1.68. The van der Waals surface area contributed by atoms with E-state index in [2.05, 4.69) is 5.32 Å². The molecule has 104 valence electrons. The van der Waals surface area contributed by atoms with Crippen molar-refractivity contribution in [2.45, 2.75) is 12.5 Å². The molecule has 2 amide bonds. The number of benzene rings is 1. The van der Waals surface area contributed by atoms with Crippen molar-refractivity contribution < 1.29 is 22.7 Å². The number of hydrogen-bond donors (Lipinski definition) is 1. The number of rotatable bonds is 4. The molecule has 0 unspecified atom stereocenters. The first-order valence-corrected chi connectivity index (χ1v) is 5.76. The first kappa shape index (κ1) is 13.7. The summed E-state index contributed by atoms with van der Waals surface area (Å²) in [6.45, 7) is -0.173. The lowest BCUT2D eigenvalue weighted by atomic mass is 10.2. The van der Waals surface area contributed by atoms with Gasteiger partial charge < -0.3 is 15.0 Å². The standard InChI is InChI=1S/C12H13F3N2O2/c13-9-3-1-2-4-10(9)16-12(18)17-5-8(6-17)19-7-11(14)15/h1-4,8,11H,5-7H2,(H,16,18). The van der Waals surface area contributed by atoms with Gasteiger partial charge in [-0.25, -0.2) is 18.0 Å². The number of ether oxygens (including phenoxy) is 1. The van der Waals surface area contributed by atoms with E-state index in [1.807, 2.05) is 0 Å². The van der Waals surface area contributed by atoms with E-state index in [1.54, 1.807) is 6.07 Å². The summed E-state index contributed by atoms with van der Waals surface area (Å²) in [5, 5.41) is 2.41. The maximum atomic E-state index is 13.3. The largest absolute Gasteiger partial charge is 0.369 e. The van der Waals surface area contributed by atoms with Crippen LogP contribution in [-0.2, 0) is 4.74 Å². The lowest BCUT2D eigenvalue weighted by Gasteiger charge is -2.38. The number of anilines is 1. The van der Waals surface area contributed by atoms with E-state index in [9.17, 15) is 18.0 Å². The van der Waals surface area contributed by atoms with Gasteiger partial charge in [0.2, 0.25) is 0 Å². The fraction of sp³-hybridized carbons (Fsp3) is 0.417. The normalized spacial score (nSPS) is 15.5. The molecule has 0 bridgehead atoms. The number of urea groups is 1. The van der Waals surface area contributed by atoms with Crippen LogP contribution in [0.3, 0.4) is 0 Å². The molecule has 1 aromatic rings. The Morgan fingerprint density at radius 3 is 2.74 bits per heavy atom. The maximum absolute atomic E-state index is 13.3. The summed E-state index contributed by atoms with van der Waals surface area (Å²) < 4.78 is 41.9. The molecule has 2 rings (SSSR count). The molecule has 1 N–H and O–H groups in total. The molecule has 0 aromatic heterocycles. The number of likely N-dealkylation sites (tertiary alicyclic amines) is 1. The predicted octanol–water partition coefficient (Wildman–Crippen LogP) is 2.32. The Morgan fingerprint density at radius 1 is 1.42 bits per heavy atom. The van der Waals surface area contributed by atoms with Gasteiger partial charge in [0.25, 0.3) is 6.43 Å². The predicted molar refractivity (Wildman–Crippen MR) is 62.7 cm³/mol. The monoisotopic (exact) mass is 274 g/mol. The molecule has 1 aliphatic heterocycles. The zero-order valence-electron chi connectivity index (χ0n) is 9.98. The first-order chi connectivity index (χ1) is 9.06. The highest BCUT2D eigenvalue weighted by atomic mass is 19.3. The summed E-state index contributed by atoms with van der Waals surface area (Å²) in [4.78, 5) is 13.0. The number of para-hydroxylation sites is 1. The number of carbonyl (C=O) groups is 1. The van der Waals surface area contributed by atoms with Gasteiger partial charge in [0.1, 0.15) is 12.4 Å². The smallest absolute Gasteiger partial charge is 0.322 e. The quantitative estimate of drug-likeness (QED) is 0.915. The average Bonchev–Trinajstić information content (AvgIpc) is 2.29. The van der Waals surface area contributed by atoms with Crippen molar-refractivity contribution >= 4 is 11.7 Å². The lowest BCUT2D eigenvalue weighted by molar-refractivity contribution is -0.0732. The molecule has 0 saturated carbocycles. The van der Waals surface area contributed by atoms with Crippen molar-refractivity contribution in [3.8, 4) is 0 Å². The molecular weight excluding hydrogens is 261 g/mol. The molecular formula is C12H13F3N2O2. The number of halogens is 3. The summed E-state index contributed by atoms with van der Waals surface area (Å²) in [5.41, 5.74) is 0.0875. The number of carbonyl (C=O) groups excluding carboxylic acids is 1. The summed E-state index contributed by atoms with van der Waals surface area (Å²) in [7, 11) is 0. The second-order valence-corrected chi connectivity index (χ2v) is 4.16. The molecule has 1 saturated heterocycles. The molecule has 0 atom stereocenters. The van der Waals surface area contributed by atoms with Crippen LogP contribution in [0.2, 0.25) is 0 Å². The second-order valence-electron chi connectivity index (χ2n) is 4.16. The lowest BCUT2D eigenvalue weighted by Crippen LogP contribution is -2.56. The molecule has 1 aromatic carbocycles. The van der Waals surface area contributed by atoms with Gasteiger partial charge in [0, 0.05) is 0 Å². The van der Waals surface area contributed by atoms with E-state index in [0.29, 0.717) is 0 Å². The van der Waals surface area contributed by atoms with Gasteiger partial charge in [0.15, 0.2) is 0 Å². The zero-order chi connectivity index (χ0) is 13.8. The van der Waals surface area contributed by atoms with Crippen molar-refractivity contribution in [2.75, 3.05) is 25.0 Å². The van der Waals surface area contributed by atoms with Gasteiger partial charge in [-0.2, -0.15) is 0 Å². The minimum atomic E-state index is -2.51. The molecule has 1 aliphatic rings. The molecule has 7 heteroatoms. The molecule has 1 heterocycles. The summed E-state index contributed by atoms with van der Waals surface area (Å²) in [6, 6.07) is 5.33. The highest BCUT2D eigenvalue weighted by Crippen LogP contribution is 2.17. The van der Waals surface area contributed by atoms with Crippen molar-refractivity contribution in [1.29, 1.82) is 0 Å². The average molecular weight is 274 g/mol. The minimum Gasteiger partial charge on any atom is -0.369 e. The Morgan fingerprint density at radius 2 is 2.11 bits per heavy atom. The van der Waals surface area contributed by atoms with Gasteiger partial charge in [-0.3, -0.25) is 0 Å². The van der Waals surface area contributed by atoms with E-state index >= 15 is 0 Å². The Kier molecular flexibility index (Phi) is 4.26. The van der Waals surface area contributed by atoms with Crippen LogP contribution in [-0.4, -0.2) is 43.2 Å². The Hall–Kier alpha value is -1.76. The van der Waals surface area contributed by atoms with E-state index in [0.717, 1.165) is 0 Å². The Bertz CT molecular complexity index is 450. The topological polar surface area (TPSA) is 41.6 Å². The number of amides is 2. The fourth-order valence-electron chi connectivity index (χ4n) is 1.68. The van der Waals surface area contributed by atoms with Crippen LogP contribution in [0.1, 0.15) is 0 Å². The van der Waals surface area contributed by atoms with Crippen molar-refractivity contribution in [2.24, 2.45) is 0 Å². The number of hydrogen-bond acceptors (Lipinski definition) is 2. The molecule has 1 fully saturated rings. The van der Waals surface area contributed by atoms with Crippen LogP contribution in [0.5, 0.6) is 0 Å². The summed E-state index contributed by atoms with van der Waals surface area (Å²) in [5.74, 6) is -0.526. The van der Waals surface area contributed by atoms with E-state index in [1.165, 1.54) is 23.1 Å². The number of nitrogens with one attached hydrogen (secondary N) is 1. The Labute approximate surface area is 108 Å². The van der Waals surface area contributed by atoms with Crippen LogP contribution >= 0.6 is 0 Å². The zero-order valence-corrected chi connectivity index (χ0v) is 9.98. The first-order valence-electron chi connectivity index (χ1n) is 5.76. The summed E-state index contributed by atoms with van der Waals surface area (Å²) >= 11 is 0. The molecule has 0 aliphatic carbocycles. The van der Waals surface area contributed by atoms with Gasteiger partial charge >= 0.3 is 6.03 Å². The van der Waals surface area contributed by atoms with Crippen LogP contribution in [0.25, 0.3) is 0 Å². The van der Waals surface area contributed by atoms with Crippen LogP contribution in [0.15, 0.2) is 24.3 Å². The van der Waals surface area contributed by atoms with Gasteiger partial charge in [-0.1, -0.05) is 12.1 Å². The molecule has 19 heavy (non-hydrogen) atoms. The van der Waals surface area contributed by atoms with Gasteiger partial charge in [0.05, 0.1) is 24.9 Å². The van der Waals surface area contributed by atoms with Crippen LogP contribution < -0.4 is 5.32 Å². The van der Waals surface area contributed by atoms with Crippen molar-refractivity contribution in [3.05, 3.63) is 30.1 Å². The third kappa shape index (κ3) is 3.60. The third-order valence-corrected chi connectivity index (χ3v) is 2.71. The van der Waals surface area contributed by atoms with Gasteiger partial charge in [-0.15, -0.1) is 0 Å². The minimum absolute atomic E-state index is 0.0875. The summed E-state index contributed by atoms with van der Waals surface area (Å²) in [6.07, 6.45) is -2.89. The molecule has 0 spiro atoms. The number of nitrogens with zero attached hydrogens (tertiary/aromatic N) is 1. The molecule has 0 radical (unpaired) electrons. The van der Waals surface area contributed by atoms with E-state index in [4.69, 9.17) is 4.74 Å². The SMILES string of the molecule is O=C(Nc1ccccc1F)N1CC(OCC(F)F)C1. The van der Waals surface area contributed by atoms with Gasteiger partial charge in [-0.05, 0) is 12.1 Å². The van der Waals surface area contributed by atoms with E-state index in [-0.39, 0.29) is 24.9 Å². The highest BCUT2D eigenvalue weighted by Gasteiger charge is 2.32. The number of alkyl halides is 2. The van der Waals surface area contributed by atoms with Crippen LogP contribution in [0, 0.1) is 5.82 Å².